The molecule has 0 bridgehead atoms. The summed E-state index contributed by atoms with van der Waals surface area (Å²) in [7, 11) is 0. The van der Waals surface area contributed by atoms with Crippen molar-refractivity contribution in [2.45, 2.75) is 38.6 Å². The number of aryl methyl sites for hydroxylation is 1. The van der Waals surface area contributed by atoms with Gasteiger partial charge in [0.05, 0.1) is 12.2 Å². The Morgan fingerprint density at radius 3 is 2.83 bits per heavy atom. The summed E-state index contributed by atoms with van der Waals surface area (Å²) >= 11 is 6.18. The molecule has 0 saturated heterocycles. The Bertz CT molecular complexity index is 783. The summed E-state index contributed by atoms with van der Waals surface area (Å²) in [6, 6.07) is 1.95. The highest BCUT2D eigenvalue weighted by atomic mass is 35.5. The predicted octanol–water partition coefficient (Wildman–Crippen LogP) is 3.01. The molecule has 2 aromatic heterocycles. The Morgan fingerprint density at radius 1 is 1.38 bits per heavy atom. The fraction of sp³-hybridized carbons (Fsp3) is 0.500. The van der Waals surface area contributed by atoms with Gasteiger partial charge >= 0.3 is 0 Å². The minimum atomic E-state index is -0.313. The summed E-state index contributed by atoms with van der Waals surface area (Å²) < 4.78 is 7.53. The second-order valence-electron chi connectivity index (χ2n) is 6.39. The van der Waals surface area contributed by atoms with Crippen molar-refractivity contribution in [3.05, 3.63) is 28.7 Å². The van der Waals surface area contributed by atoms with Crippen molar-refractivity contribution in [3.63, 3.8) is 0 Å². The second-order valence-corrected chi connectivity index (χ2v) is 6.80. The number of rotatable bonds is 6. The lowest BCUT2D eigenvalue weighted by Gasteiger charge is -2.09. The number of carbonyl (C=O) groups excluding carboxylic acids is 1. The van der Waals surface area contributed by atoms with Crippen LogP contribution < -0.4 is 10.1 Å². The van der Waals surface area contributed by atoms with Crippen molar-refractivity contribution in [1.82, 2.24) is 19.7 Å². The van der Waals surface area contributed by atoms with Gasteiger partial charge in [0.1, 0.15) is 10.8 Å². The lowest BCUT2D eigenvalue weighted by Crippen LogP contribution is -2.16. The number of ether oxygens (including phenoxy) is 1. The van der Waals surface area contributed by atoms with Gasteiger partial charge in [-0.2, -0.15) is 0 Å². The Balaban J connectivity index is 1.47. The molecule has 2 aliphatic rings. The standard InChI is InChI=1S/C16H18ClN5O2/c1-9-20-21-16(22(9)12-4-5-12)19-14(23)11-6-13(17)15(18-7-11)24-8-10-2-3-10/h6-7,10,12H,2-5,8H2,1H3,(H,19,21,23). The van der Waals surface area contributed by atoms with Gasteiger partial charge in [0.15, 0.2) is 0 Å². The van der Waals surface area contributed by atoms with E-state index in [9.17, 15) is 4.79 Å². The lowest BCUT2D eigenvalue weighted by atomic mass is 10.2. The fourth-order valence-electron chi connectivity index (χ4n) is 2.54. The molecule has 24 heavy (non-hydrogen) atoms. The van der Waals surface area contributed by atoms with E-state index in [0.717, 1.165) is 18.7 Å². The summed E-state index contributed by atoms with van der Waals surface area (Å²) in [5.41, 5.74) is 0.363. The quantitative estimate of drug-likeness (QED) is 0.868. The van der Waals surface area contributed by atoms with Gasteiger partial charge < -0.3 is 4.74 Å². The summed E-state index contributed by atoms with van der Waals surface area (Å²) in [5.74, 6) is 1.94. The van der Waals surface area contributed by atoms with Crippen LogP contribution >= 0.6 is 11.6 Å². The molecule has 126 valence electrons. The molecule has 2 aliphatic carbocycles. The van der Waals surface area contributed by atoms with Crippen LogP contribution in [-0.4, -0.2) is 32.3 Å². The SMILES string of the molecule is Cc1nnc(NC(=O)c2cnc(OCC3CC3)c(Cl)c2)n1C1CC1. The van der Waals surface area contributed by atoms with Crippen molar-refractivity contribution in [1.29, 1.82) is 0 Å². The third kappa shape index (κ3) is 3.21. The number of hydrogen-bond acceptors (Lipinski definition) is 5. The third-order valence-electron chi connectivity index (χ3n) is 4.23. The number of anilines is 1. The number of hydrogen-bond donors (Lipinski definition) is 1. The number of amides is 1. The number of aromatic nitrogens is 4. The molecule has 8 heteroatoms. The molecule has 0 spiro atoms. The molecule has 2 fully saturated rings. The molecule has 1 amide bonds. The van der Waals surface area contributed by atoms with Gasteiger partial charge in [0.25, 0.3) is 5.91 Å². The van der Waals surface area contributed by atoms with Gasteiger partial charge in [0, 0.05) is 12.2 Å². The molecule has 1 N–H and O–H groups in total. The van der Waals surface area contributed by atoms with Gasteiger partial charge in [-0.1, -0.05) is 11.6 Å². The van der Waals surface area contributed by atoms with Crippen molar-refractivity contribution < 1.29 is 9.53 Å². The number of halogens is 1. The zero-order chi connectivity index (χ0) is 16.7. The lowest BCUT2D eigenvalue weighted by molar-refractivity contribution is 0.102. The molecule has 2 saturated carbocycles. The second kappa shape index (κ2) is 6.05. The normalized spacial score (nSPS) is 16.9. The smallest absolute Gasteiger partial charge is 0.259 e. The number of nitrogens with one attached hydrogen (secondary N) is 1. The Kier molecular flexibility index (Phi) is 3.88. The molecule has 0 aromatic carbocycles. The molecule has 7 nitrogen and oxygen atoms in total. The van der Waals surface area contributed by atoms with E-state index in [0.29, 0.717) is 41.0 Å². The number of nitrogens with zero attached hydrogens (tertiary/aromatic N) is 4. The van der Waals surface area contributed by atoms with E-state index in [1.807, 2.05) is 11.5 Å². The Morgan fingerprint density at radius 2 is 2.17 bits per heavy atom. The third-order valence-corrected chi connectivity index (χ3v) is 4.50. The van der Waals surface area contributed by atoms with E-state index in [1.165, 1.54) is 19.0 Å². The van der Waals surface area contributed by atoms with E-state index in [1.54, 1.807) is 6.07 Å². The first-order chi connectivity index (χ1) is 11.6. The fourth-order valence-corrected chi connectivity index (χ4v) is 2.76. The number of pyridine rings is 1. The van der Waals surface area contributed by atoms with Gasteiger partial charge in [-0.15, -0.1) is 10.2 Å². The molecular weight excluding hydrogens is 330 g/mol. The molecule has 2 aromatic rings. The van der Waals surface area contributed by atoms with Gasteiger partial charge in [-0.25, -0.2) is 4.98 Å². The molecule has 4 rings (SSSR count). The van der Waals surface area contributed by atoms with E-state index < -0.39 is 0 Å². The molecular formula is C16H18ClN5O2. The van der Waals surface area contributed by atoms with Gasteiger partial charge in [-0.3, -0.25) is 14.7 Å². The van der Waals surface area contributed by atoms with Crippen LogP contribution in [0.5, 0.6) is 5.88 Å². The maximum absolute atomic E-state index is 12.4. The Labute approximate surface area is 144 Å². The summed E-state index contributed by atoms with van der Waals surface area (Å²) in [4.78, 5) is 16.6. The number of carbonyl (C=O) groups is 1. The topological polar surface area (TPSA) is 81.9 Å². The van der Waals surface area contributed by atoms with E-state index in [-0.39, 0.29) is 5.91 Å². The highest BCUT2D eigenvalue weighted by molar-refractivity contribution is 6.32. The minimum Gasteiger partial charge on any atom is -0.476 e. The van der Waals surface area contributed by atoms with Gasteiger partial charge in [-0.05, 0) is 44.6 Å². The average molecular weight is 348 g/mol. The van der Waals surface area contributed by atoms with E-state index in [4.69, 9.17) is 16.3 Å². The average Bonchev–Trinajstić information content (AvgIpc) is 3.47. The molecule has 0 aliphatic heterocycles. The van der Waals surface area contributed by atoms with Gasteiger partial charge in [0.2, 0.25) is 11.8 Å². The van der Waals surface area contributed by atoms with E-state index >= 15 is 0 Å². The maximum Gasteiger partial charge on any atom is 0.259 e. The minimum absolute atomic E-state index is 0.313. The zero-order valence-electron chi connectivity index (χ0n) is 13.3. The van der Waals surface area contributed by atoms with Crippen molar-refractivity contribution >= 4 is 23.5 Å². The van der Waals surface area contributed by atoms with Crippen LogP contribution in [0.3, 0.4) is 0 Å². The molecule has 2 heterocycles. The van der Waals surface area contributed by atoms with Crippen LogP contribution in [0.4, 0.5) is 5.95 Å². The maximum atomic E-state index is 12.4. The summed E-state index contributed by atoms with van der Waals surface area (Å²) in [6.45, 7) is 2.51. The first-order valence-electron chi connectivity index (χ1n) is 8.13. The monoisotopic (exact) mass is 347 g/mol. The first-order valence-corrected chi connectivity index (χ1v) is 8.51. The predicted molar refractivity (Wildman–Crippen MR) is 88.4 cm³/mol. The van der Waals surface area contributed by atoms with Crippen LogP contribution in [0, 0.1) is 12.8 Å². The first kappa shape index (κ1) is 15.4. The van der Waals surface area contributed by atoms with E-state index in [2.05, 4.69) is 20.5 Å². The van der Waals surface area contributed by atoms with Crippen LogP contribution in [0.1, 0.15) is 47.9 Å². The highest BCUT2D eigenvalue weighted by Gasteiger charge is 2.29. The van der Waals surface area contributed by atoms with Crippen molar-refractivity contribution in [2.75, 3.05) is 11.9 Å². The highest BCUT2D eigenvalue weighted by Crippen LogP contribution is 2.37. The van der Waals surface area contributed by atoms with Crippen LogP contribution in [0.25, 0.3) is 0 Å². The summed E-state index contributed by atoms with van der Waals surface area (Å²) in [5, 5.41) is 11.2. The van der Waals surface area contributed by atoms with Crippen LogP contribution in [-0.2, 0) is 0 Å². The zero-order valence-corrected chi connectivity index (χ0v) is 14.1. The van der Waals surface area contributed by atoms with Crippen LogP contribution in [0.2, 0.25) is 5.02 Å². The van der Waals surface area contributed by atoms with Crippen LogP contribution in [0.15, 0.2) is 12.3 Å². The molecule has 0 atom stereocenters. The largest absolute Gasteiger partial charge is 0.476 e. The van der Waals surface area contributed by atoms with Crippen molar-refractivity contribution in [2.24, 2.45) is 5.92 Å². The van der Waals surface area contributed by atoms with Crippen molar-refractivity contribution in [3.8, 4) is 5.88 Å². The molecule has 0 radical (unpaired) electrons. The Hall–Kier alpha value is -2.15. The summed E-state index contributed by atoms with van der Waals surface area (Å²) in [6.07, 6.45) is 6.02. The molecule has 0 unspecified atom stereocenters.